The molecule has 1 fully saturated rings. The average molecular weight is 441 g/mol. The van der Waals surface area contributed by atoms with E-state index in [-0.39, 0.29) is 17.9 Å². The standard InChI is InChI=1S/C20H29ClN4O5/c1-4-29-16(30-5-2)7-6-14-12-22-18(21)24-17(14)25-20(13-23-19(26)27)10-8-15(28-3)9-11-20/h12,15-16,23H,4-5,8-11,13H2,1-3H3,(H,26,27)(H,22,24,25). The molecule has 10 heteroatoms. The van der Waals surface area contributed by atoms with Crippen LogP contribution in [0.25, 0.3) is 0 Å². The molecule has 0 unspecified atom stereocenters. The zero-order valence-electron chi connectivity index (χ0n) is 17.5. The van der Waals surface area contributed by atoms with Crippen molar-refractivity contribution in [1.29, 1.82) is 0 Å². The number of carbonyl (C=O) groups is 1. The van der Waals surface area contributed by atoms with Crippen LogP contribution in [0.4, 0.5) is 10.6 Å². The normalized spacial score (nSPS) is 21.0. The van der Waals surface area contributed by atoms with Crippen LogP contribution in [-0.4, -0.2) is 66.0 Å². The molecule has 1 aliphatic carbocycles. The molecule has 0 atom stereocenters. The predicted octanol–water partition coefficient (Wildman–Crippen LogP) is 2.89. The van der Waals surface area contributed by atoms with Gasteiger partial charge in [-0.25, -0.2) is 9.78 Å². The fourth-order valence-corrected chi connectivity index (χ4v) is 3.47. The molecule has 166 valence electrons. The monoisotopic (exact) mass is 440 g/mol. The average Bonchev–Trinajstić information content (AvgIpc) is 2.72. The SMILES string of the molecule is CCOC(C#Cc1cnc(Cl)nc1NC1(CNC(=O)O)CCC(OC)CC1)OCC. The maximum Gasteiger partial charge on any atom is 0.404 e. The van der Waals surface area contributed by atoms with Gasteiger partial charge in [0, 0.05) is 33.1 Å². The van der Waals surface area contributed by atoms with Crippen LogP contribution in [0, 0.1) is 11.8 Å². The van der Waals surface area contributed by atoms with E-state index in [9.17, 15) is 4.79 Å². The second-order valence-electron chi connectivity index (χ2n) is 6.91. The van der Waals surface area contributed by atoms with Crippen molar-refractivity contribution in [2.24, 2.45) is 0 Å². The van der Waals surface area contributed by atoms with Gasteiger partial charge in [-0.05, 0) is 57.1 Å². The Hall–Kier alpha value is -2.12. The number of rotatable bonds is 9. The number of nitrogens with zero attached hydrogens (tertiary/aromatic N) is 2. The Kier molecular flexibility index (Phi) is 9.59. The molecule has 9 nitrogen and oxygen atoms in total. The third-order valence-corrected chi connectivity index (χ3v) is 5.09. The number of anilines is 1. The molecule has 1 amide bonds. The van der Waals surface area contributed by atoms with Crippen molar-refractivity contribution in [3.8, 4) is 11.8 Å². The largest absolute Gasteiger partial charge is 0.465 e. The summed E-state index contributed by atoms with van der Waals surface area (Å²) in [5.41, 5.74) is -0.0202. The number of carboxylic acid groups (broad SMARTS) is 1. The van der Waals surface area contributed by atoms with Crippen LogP contribution in [0.15, 0.2) is 6.20 Å². The lowest BCUT2D eigenvalue weighted by atomic mass is 9.80. The van der Waals surface area contributed by atoms with Gasteiger partial charge in [-0.1, -0.05) is 5.92 Å². The third kappa shape index (κ3) is 7.29. The minimum atomic E-state index is -1.08. The maximum atomic E-state index is 11.1. The molecular weight excluding hydrogens is 412 g/mol. The van der Waals surface area contributed by atoms with Crippen LogP contribution in [0.1, 0.15) is 45.1 Å². The molecule has 3 N–H and O–H groups in total. The van der Waals surface area contributed by atoms with Crippen molar-refractivity contribution < 1.29 is 24.1 Å². The van der Waals surface area contributed by atoms with E-state index in [0.29, 0.717) is 37.4 Å². The Labute approximate surface area is 181 Å². The topological polar surface area (TPSA) is 115 Å². The highest BCUT2D eigenvalue weighted by molar-refractivity contribution is 6.28. The number of aromatic nitrogens is 2. The van der Waals surface area contributed by atoms with Gasteiger partial charge in [-0.3, -0.25) is 0 Å². The molecule has 1 aromatic heterocycles. The summed E-state index contributed by atoms with van der Waals surface area (Å²) in [5, 5.41) is 15.1. The number of hydrogen-bond donors (Lipinski definition) is 3. The zero-order chi connectivity index (χ0) is 22.0. The fraction of sp³-hybridized carbons (Fsp3) is 0.650. The molecule has 30 heavy (non-hydrogen) atoms. The number of amides is 1. The molecule has 1 saturated carbocycles. The first kappa shape index (κ1) is 24.2. The minimum absolute atomic E-state index is 0.0705. The summed E-state index contributed by atoms with van der Waals surface area (Å²) in [6.45, 7) is 4.87. The number of nitrogens with one attached hydrogen (secondary N) is 2. The fourth-order valence-electron chi connectivity index (χ4n) is 3.34. The summed E-state index contributed by atoms with van der Waals surface area (Å²) in [4.78, 5) is 19.4. The lowest BCUT2D eigenvalue weighted by Gasteiger charge is -2.41. The van der Waals surface area contributed by atoms with Gasteiger partial charge in [-0.15, -0.1) is 0 Å². The number of hydrogen-bond acceptors (Lipinski definition) is 7. The molecule has 0 bridgehead atoms. The molecule has 1 aliphatic rings. The molecule has 0 saturated heterocycles. The Morgan fingerprint density at radius 3 is 2.60 bits per heavy atom. The molecule has 0 aliphatic heterocycles. The first-order valence-corrected chi connectivity index (χ1v) is 10.3. The van der Waals surface area contributed by atoms with E-state index >= 15 is 0 Å². The van der Waals surface area contributed by atoms with E-state index in [2.05, 4.69) is 32.4 Å². The van der Waals surface area contributed by atoms with Gasteiger partial charge in [0.05, 0.1) is 17.2 Å². The molecule has 1 heterocycles. The lowest BCUT2D eigenvalue weighted by molar-refractivity contribution is -0.0969. The molecule has 0 radical (unpaired) electrons. The van der Waals surface area contributed by atoms with Crippen LogP contribution in [0.5, 0.6) is 0 Å². The highest BCUT2D eigenvalue weighted by Crippen LogP contribution is 2.33. The summed E-state index contributed by atoms with van der Waals surface area (Å²) < 4.78 is 16.4. The zero-order valence-corrected chi connectivity index (χ0v) is 18.3. The first-order chi connectivity index (χ1) is 14.4. The number of halogens is 1. The van der Waals surface area contributed by atoms with Crippen LogP contribution >= 0.6 is 11.6 Å². The van der Waals surface area contributed by atoms with Gasteiger partial charge in [0.1, 0.15) is 5.82 Å². The Bertz CT molecular complexity index is 753. The third-order valence-electron chi connectivity index (χ3n) is 4.90. The molecular formula is C20H29ClN4O5. The van der Waals surface area contributed by atoms with Gasteiger partial charge in [-0.2, -0.15) is 4.98 Å². The van der Waals surface area contributed by atoms with Crippen LogP contribution in [0.2, 0.25) is 5.28 Å². The van der Waals surface area contributed by atoms with Crippen molar-refractivity contribution in [1.82, 2.24) is 15.3 Å². The van der Waals surface area contributed by atoms with E-state index in [1.54, 1.807) is 7.11 Å². The number of ether oxygens (including phenoxy) is 3. The second kappa shape index (κ2) is 11.9. The Morgan fingerprint density at radius 2 is 2.03 bits per heavy atom. The quantitative estimate of drug-likeness (QED) is 0.305. The van der Waals surface area contributed by atoms with Crippen LogP contribution in [-0.2, 0) is 14.2 Å². The molecule has 0 spiro atoms. The van der Waals surface area contributed by atoms with Gasteiger partial charge in [0.25, 0.3) is 0 Å². The smallest absolute Gasteiger partial charge is 0.404 e. The molecule has 2 rings (SSSR count). The lowest BCUT2D eigenvalue weighted by Crippen LogP contribution is -2.52. The molecule has 1 aromatic rings. The van der Waals surface area contributed by atoms with Crippen LogP contribution < -0.4 is 10.6 Å². The highest BCUT2D eigenvalue weighted by atomic mass is 35.5. The Balaban J connectivity index is 2.29. The predicted molar refractivity (Wildman–Crippen MR) is 113 cm³/mol. The van der Waals surface area contributed by atoms with E-state index in [0.717, 1.165) is 12.8 Å². The summed E-state index contributed by atoms with van der Waals surface area (Å²) in [5.74, 6) is 6.36. The van der Waals surface area contributed by atoms with Crippen molar-refractivity contribution in [3.05, 3.63) is 17.0 Å². The van der Waals surface area contributed by atoms with Gasteiger partial charge >= 0.3 is 6.09 Å². The van der Waals surface area contributed by atoms with Gasteiger partial charge < -0.3 is 30.0 Å². The maximum absolute atomic E-state index is 11.1. The summed E-state index contributed by atoms with van der Waals surface area (Å²) >= 11 is 6.03. The van der Waals surface area contributed by atoms with E-state index in [1.807, 2.05) is 13.8 Å². The summed E-state index contributed by atoms with van der Waals surface area (Å²) in [6, 6.07) is 0. The van der Waals surface area contributed by atoms with Gasteiger partial charge in [0.15, 0.2) is 0 Å². The number of methoxy groups -OCH3 is 1. The van der Waals surface area contributed by atoms with Crippen molar-refractivity contribution in [2.75, 3.05) is 32.2 Å². The van der Waals surface area contributed by atoms with Crippen molar-refractivity contribution in [2.45, 2.75) is 57.5 Å². The Morgan fingerprint density at radius 1 is 1.37 bits per heavy atom. The summed E-state index contributed by atoms with van der Waals surface area (Å²) in [7, 11) is 1.69. The van der Waals surface area contributed by atoms with Gasteiger partial charge in [0.2, 0.25) is 11.6 Å². The van der Waals surface area contributed by atoms with Crippen molar-refractivity contribution in [3.63, 3.8) is 0 Å². The van der Waals surface area contributed by atoms with Crippen molar-refractivity contribution >= 4 is 23.5 Å². The molecule has 0 aromatic carbocycles. The summed E-state index contributed by atoms with van der Waals surface area (Å²) in [6.07, 6.45) is 2.91. The van der Waals surface area contributed by atoms with Crippen LogP contribution in [0.3, 0.4) is 0 Å². The minimum Gasteiger partial charge on any atom is -0.465 e. The highest BCUT2D eigenvalue weighted by Gasteiger charge is 2.36. The first-order valence-electron chi connectivity index (χ1n) is 9.96. The van der Waals surface area contributed by atoms with E-state index in [4.69, 9.17) is 30.9 Å². The van der Waals surface area contributed by atoms with E-state index in [1.165, 1.54) is 6.20 Å². The van der Waals surface area contributed by atoms with E-state index < -0.39 is 17.9 Å². The second-order valence-corrected chi connectivity index (χ2v) is 7.25.